The lowest BCUT2D eigenvalue weighted by Crippen LogP contribution is -2.42. The van der Waals surface area contributed by atoms with E-state index in [1.54, 1.807) is 20.0 Å². The number of guanidine groups is 1. The summed E-state index contributed by atoms with van der Waals surface area (Å²) in [5.74, 6) is 1.79. The molecular formula is C17H23FIN5O. The summed E-state index contributed by atoms with van der Waals surface area (Å²) in [6.07, 6.45) is 2.60. The van der Waals surface area contributed by atoms with Crippen LogP contribution in [-0.4, -0.2) is 36.2 Å². The van der Waals surface area contributed by atoms with Crippen LogP contribution >= 0.6 is 24.0 Å². The van der Waals surface area contributed by atoms with Crippen molar-refractivity contribution in [3.63, 3.8) is 0 Å². The molecule has 1 aromatic carbocycles. The highest BCUT2D eigenvalue weighted by molar-refractivity contribution is 14.0. The summed E-state index contributed by atoms with van der Waals surface area (Å²) in [5.41, 5.74) is 0.668. The summed E-state index contributed by atoms with van der Waals surface area (Å²) in [6.45, 7) is 3.08. The van der Waals surface area contributed by atoms with Crippen LogP contribution in [0.4, 0.5) is 4.39 Å². The molecule has 3 rings (SSSR count). The maximum absolute atomic E-state index is 14.0. The average molecular weight is 459 g/mol. The van der Waals surface area contributed by atoms with Gasteiger partial charge in [-0.2, -0.15) is 4.98 Å². The van der Waals surface area contributed by atoms with Crippen LogP contribution in [-0.2, 0) is 11.8 Å². The number of aryl methyl sites for hydroxylation is 1. The summed E-state index contributed by atoms with van der Waals surface area (Å²) in [6, 6.07) is 7.01. The Bertz CT molecular complexity index is 729. The monoisotopic (exact) mass is 459 g/mol. The maximum atomic E-state index is 14.0. The Morgan fingerprint density at radius 1 is 1.32 bits per heavy atom. The van der Waals surface area contributed by atoms with Gasteiger partial charge in [0, 0.05) is 32.0 Å². The molecule has 1 aromatic heterocycles. The first-order valence-electron chi connectivity index (χ1n) is 8.12. The number of halogens is 2. The van der Waals surface area contributed by atoms with Gasteiger partial charge in [0.05, 0.1) is 0 Å². The van der Waals surface area contributed by atoms with E-state index in [1.807, 2.05) is 12.1 Å². The molecule has 0 amide bonds. The zero-order valence-electron chi connectivity index (χ0n) is 14.4. The Morgan fingerprint density at radius 3 is 2.68 bits per heavy atom. The van der Waals surface area contributed by atoms with E-state index >= 15 is 0 Å². The fourth-order valence-electron chi connectivity index (χ4n) is 2.79. The zero-order valence-corrected chi connectivity index (χ0v) is 16.7. The van der Waals surface area contributed by atoms with Gasteiger partial charge in [-0.1, -0.05) is 23.4 Å². The van der Waals surface area contributed by atoms with Crippen LogP contribution in [0.5, 0.6) is 0 Å². The molecular weight excluding hydrogens is 436 g/mol. The number of nitrogens with one attached hydrogen (secondary N) is 2. The SMILES string of the molecule is CN=C(NCCc1nc(C)no1)NCC1(c2ccccc2F)CC1.I. The van der Waals surface area contributed by atoms with Crippen molar-refractivity contribution in [2.45, 2.75) is 31.6 Å². The van der Waals surface area contributed by atoms with E-state index in [1.165, 1.54) is 6.07 Å². The number of rotatable bonds is 6. The molecule has 1 saturated carbocycles. The molecule has 0 spiro atoms. The van der Waals surface area contributed by atoms with Crippen molar-refractivity contribution in [2.75, 3.05) is 20.1 Å². The summed E-state index contributed by atoms with van der Waals surface area (Å²) in [5, 5.41) is 10.3. The Balaban J connectivity index is 0.00000225. The van der Waals surface area contributed by atoms with Crippen molar-refractivity contribution in [3.05, 3.63) is 47.4 Å². The molecule has 0 atom stereocenters. The third-order valence-electron chi connectivity index (χ3n) is 4.32. The minimum atomic E-state index is -0.133. The first kappa shape index (κ1) is 19.6. The van der Waals surface area contributed by atoms with Crippen molar-refractivity contribution >= 4 is 29.9 Å². The predicted molar refractivity (Wildman–Crippen MR) is 105 cm³/mol. The number of hydrogen-bond acceptors (Lipinski definition) is 4. The molecule has 6 nitrogen and oxygen atoms in total. The van der Waals surface area contributed by atoms with Crippen LogP contribution < -0.4 is 10.6 Å². The molecule has 8 heteroatoms. The number of aliphatic imine (C=N–C) groups is 1. The van der Waals surface area contributed by atoms with Crippen LogP contribution in [0.25, 0.3) is 0 Å². The van der Waals surface area contributed by atoms with Gasteiger partial charge >= 0.3 is 0 Å². The predicted octanol–water partition coefficient (Wildman–Crippen LogP) is 2.57. The molecule has 2 N–H and O–H groups in total. The fourth-order valence-corrected chi connectivity index (χ4v) is 2.79. The summed E-state index contributed by atoms with van der Waals surface area (Å²) < 4.78 is 19.1. The van der Waals surface area contributed by atoms with E-state index in [0.717, 1.165) is 18.4 Å². The Morgan fingerprint density at radius 2 is 2.08 bits per heavy atom. The molecule has 136 valence electrons. The number of aromatic nitrogens is 2. The Kier molecular flexibility index (Phi) is 6.74. The number of hydrogen-bond donors (Lipinski definition) is 2. The van der Waals surface area contributed by atoms with Crippen LogP contribution in [0.15, 0.2) is 33.8 Å². The van der Waals surface area contributed by atoms with Gasteiger partial charge in [-0.05, 0) is 31.4 Å². The topological polar surface area (TPSA) is 75.3 Å². The molecule has 25 heavy (non-hydrogen) atoms. The van der Waals surface area contributed by atoms with E-state index in [-0.39, 0.29) is 35.2 Å². The van der Waals surface area contributed by atoms with Crippen molar-refractivity contribution in [1.82, 2.24) is 20.8 Å². The van der Waals surface area contributed by atoms with Gasteiger partial charge < -0.3 is 15.2 Å². The van der Waals surface area contributed by atoms with E-state index in [4.69, 9.17) is 4.52 Å². The average Bonchev–Trinajstić information content (AvgIpc) is 3.26. The minimum Gasteiger partial charge on any atom is -0.356 e. The Labute approximate surface area is 163 Å². The molecule has 1 heterocycles. The third kappa shape index (κ3) is 4.90. The number of benzene rings is 1. The van der Waals surface area contributed by atoms with Crippen LogP contribution in [0.1, 0.15) is 30.1 Å². The van der Waals surface area contributed by atoms with Gasteiger partial charge in [-0.15, -0.1) is 24.0 Å². The highest BCUT2D eigenvalue weighted by Gasteiger charge is 2.45. The molecule has 1 aliphatic carbocycles. The first-order valence-corrected chi connectivity index (χ1v) is 8.12. The second-order valence-electron chi connectivity index (χ2n) is 6.10. The quantitative estimate of drug-likeness (QED) is 0.395. The van der Waals surface area contributed by atoms with E-state index in [2.05, 4.69) is 25.8 Å². The number of nitrogens with zero attached hydrogens (tertiary/aromatic N) is 3. The fraction of sp³-hybridized carbons (Fsp3) is 0.471. The summed E-state index contributed by atoms with van der Waals surface area (Å²) >= 11 is 0. The van der Waals surface area contributed by atoms with Gasteiger partial charge in [0.15, 0.2) is 11.8 Å². The van der Waals surface area contributed by atoms with E-state index in [9.17, 15) is 4.39 Å². The lowest BCUT2D eigenvalue weighted by Gasteiger charge is -2.19. The largest absolute Gasteiger partial charge is 0.356 e. The van der Waals surface area contributed by atoms with Crippen molar-refractivity contribution in [2.24, 2.45) is 4.99 Å². The van der Waals surface area contributed by atoms with Gasteiger partial charge in [0.1, 0.15) is 5.82 Å². The van der Waals surface area contributed by atoms with E-state index in [0.29, 0.717) is 37.2 Å². The van der Waals surface area contributed by atoms with Crippen LogP contribution in [0.3, 0.4) is 0 Å². The first-order chi connectivity index (χ1) is 11.6. The standard InChI is InChI=1S/C17H22FN5O.HI/c1-12-22-15(24-23-12)7-10-20-16(19-2)21-11-17(8-9-17)13-5-3-4-6-14(13)18;/h3-6H,7-11H2,1-2H3,(H2,19,20,21);1H. The van der Waals surface area contributed by atoms with Gasteiger partial charge in [-0.3, -0.25) is 4.99 Å². The molecule has 0 unspecified atom stereocenters. The van der Waals surface area contributed by atoms with Crippen LogP contribution in [0.2, 0.25) is 0 Å². The third-order valence-corrected chi connectivity index (χ3v) is 4.32. The Hall–Kier alpha value is -1.71. The summed E-state index contributed by atoms with van der Waals surface area (Å²) in [7, 11) is 1.72. The smallest absolute Gasteiger partial charge is 0.228 e. The molecule has 0 bridgehead atoms. The molecule has 2 aromatic rings. The van der Waals surface area contributed by atoms with Gasteiger partial charge in [-0.25, -0.2) is 4.39 Å². The molecule has 1 aliphatic rings. The van der Waals surface area contributed by atoms with Crippen molar-refractivity contribution in [1.29, 1.82) is 0 Å². The summed E-state index contributed by atoms with van der Waals surface area (Å²) in [4.78, 5) is 8.36. The maximum Gasteiger partial charge on any atom is 0.228 e. The lowest BCUT2D eigenvalue weighted by molar-refractivity contribution is 0.374. The van der Waals surface area contributed by atoms with Crippen molar-refractivity contribution in [3.8, 4) is 0 Å². The van der Waals surface area contributed by atoms with Crippen molar-refractivity contribution < 1.29 is 8.91 Å². The highest BCUT2D eigenvalue weighted by atomic mass is 127. The van der Waals surface area contributed by atoms with E-state index < -0.39 is 0 Å². The minimum absolute atomic E-state index is 0. The molecule has 0 radical (unpaired) electrons. The van der Waals surface area contributed by atoms with Gasteiger partial charge in [0.2, 0.25) is 5.89 Å². The van der Waals surface area contributed by atoms with Gasteiger partial charge in [0.25, 0.3) is 0 Å². The highest BCUT2D eigenvalue weighted by Crippen LogP contribution is 2.48. The lowest BCUT2D eigenvalue weighted by atomic mass is 9.95. The molecule has 0 aliphatic heterocycles. The second-order valence-corrected chi connectivity index (χ2v) is 6.10. The molecule has 0 saturated heterocycles. The second kappa shape index (κ2) is 8.59. The molecule has 1 fully saturated rings. The normalized spacial score (nSPS) is 15.4. The zero-order chi connectivity index (χ0) is 17.0. The van der Waals surface area contributed by atoms with Crippen LogP contribution in [0, 0.1) is 12.7 Å².